The zero-order valence-electron chi connectivity index (χ0n) is 7.05. The van der Waals surface area contributed by atoms with Crippen LogP contribution in [0, 0.1) is 11.3 Å². The molecular weight excluding hydrogens is 228 g/mol. The van der Waals surface area contributed by atoms with Gasteiger partial charge in [0.2, 0.25) is 0 Å². The highest BCUT2D eigenvalue weighted by molar-refractivity contribution is 9.10. The Balaban J connectivity index is 2.30. The van der Waals surface area contributed by atoms with E-state index in [2.05, 4.69) is 27.3 Å². The van der Waals surface area contributed by atoms with Crippen molar-refractivity contribution < 1.29 is 0 Å². The van der Waals surface area contributed by atoms with Gasteiger partial charge in [-0.2, -0.15) is 5.26 Å². The predicted molar refractivity (Wildman–Crippen MR) is 54.2 cm³/mol. The number of benzene rings is 1. The van der Waals surface area contributed by atoms with Crippen molar-refractivity contribution in [2.45, 2.75) is 12.5 Å². The van der Waals surface area contributed by atoms with Crippen LogP contribution in [-0.2, 0) is 0 Å². The van der Waals surface area contributed by atoms with E-state index in [0.717, 1.165) is 11.0 Å². The smallest absolute Gasteiger partial charge is 0.100 e. The normalized spacial score (nSPS) is 20.5. The molecule has 1 aromatic rings. The summed E-state index contributed by atoms with van der Waals surface area (Å²) in [5.41, 5.74) is 1.96. The highest BCUT2D eigenvalue weighted by atomic mass is 79.9. The van der Waals surface area contributed by atoms with Crippen molar-refractivity contribution in [1.29, 1.82) is 5.26 Å². The maximum atomic E-state index is 8.72. The van der Waals surface area contributed by atoms with E-state index in [1.54, 1.807) is 0 Å². The van der Waals surface area contributed by atoms with Crippen molar-refractivity contribution >= 4 is 15.9 Å². The summed E-state index contributed by atoms with van der Waals surface area (Å²) in [6.45, 7) is 1.10. The van der Waals surface area contributed by atoms with Gasteiger partial charge in [0, 0.05) is 10.5 Å². The van der Waals surface area contributed by atoms with Crippen LogP contribution in [0.2, 0.25) is 0 Å². The first-order chi connectivity index (χ1) is 6.31. The standard InChI is InChI=1S/C10H9BrN2/c11-9-5-7(10-3-4-13-10)1-2-8(9)6-12/h1-2,5,10,13H,3-4H2/t10-/m0/s1. The minimum Gasteiger partial charge on any atom is -0.310 e. The van der Waals surface area contributed by atoms with Crippen LogP contribution in [0.15, 0.2) is 22.7 Å². The third-order valence-corrected chi connectivity index (χ3v) is 3.00. The second kappa shape index (κ2) is 3.49. The molecule has 0 spiro atoms. The summed E-state index contributed by atoms with van der Waals surface area (Å²) in [5, 5.41) is 12.0. The van der Waals surface area contributed by atoms with E-state index in [0.29, 0.717) is 11.6 Å². The molecule has 1 atom stereocenters. The topological polar surface area (TPSA) is 35.8 Å². The van der Waals surface area contributed by atoms with Crippen molar-refractivity contribution in [3.05, 3.63) is 33.8 Å². The van der Waals surface area contributed by atoms with E-state index in [4.69, 9.17) is 5.26 Å². The molecule has 1 aliphatic heterocycles. The summed E-state index contributed by atoms with van der Waals surface area (Å²) in [6.07, 6.45) is 1.19. The Morgan fingerprint density at radius 3 is 2.77 bits per heavy atom. The van der Waals surface area contributed by atoms with Gasteiger partial charge in [-0.15, -0.1) is 0 Å². The van der Waals surface area contributed by atoms with Gasteiger partial charge >= 0.3 is 0 Å². The van der Waals surface area contributed by atoms with Gasteiger partial charge in [0.15, 0.2) is 0 Å². The van der Waals surface area contributed by atoms with Crippen LogP contribution in [0.4, 0.5) is 0 Å². The first-order valence-electron chi connectivity index (χ1n) is 4.24. The van der Waals surface area contributed by atoms with Gasteiger partial charge in [0.05, 0.1) is 5.56 Å². The van der Waals surface area contributed by atoms with Gasteiger partial charge < -0.3 is 5.32 Å². The van der Waals surface area contributed by atoms with Gasteiger partial charge in [-0.05, 0) is 46.6 Å². The van der Waals surface area contributed by atoms with E-state index in [-0.39, 0.29) is 0 Å². The van der Waals surface area contributed by atoms with Crippen LogP contribution >= 0.6 is 15.9 Å². The number of hydrogen-bond acceptors (Lipinski definition) is 2. The molecule has 1 saturated heterocycles. The molecule has 0 aliphatic carbocycles. The van der Waals surface area contributed by atoms with Crippen LogP contribution in [0.5, 0.6) is 0 Å². The molecule has 0 bridgehead atoms. The summed E-state index contributed by atoms with van der Waals surface area (Å²) in [6, 6.07) is 8.52. The minimum absolute atomic E-state index is 0.490. The van der Waals surface area contributed by atoms with Gasteiger partial charge in [-0.1, -0.05) is 6.07 Å². The number of nitrogens with zero attached hydrogens (tertiary/aromatic N) is 1. The fourth-order valence-corrected chi connectivity index (χ4v) is 1.90. The third-order valence-electron chi connectivity index (χ3n) is 2.34. The van der Waals surface area contributed by atoms with Crippen LogP contribution in [0.1, 0.15) is 23.6 Å². The number of halogens is 1. The van der Waals surface area contributed by atoms with E-state index in [1.165, 1.54) is 12.0 Å². The highest BCUT2D eigenvalue weighted by Gasteiger charge is 2.18. The zero-order valence-corrected chi connectivity index (χ0v) is 8.63. The molecule has 2 nitrogen and oxygen atoms in total. The molecule has 1 aromatic carbocycles. The van der Waals surface area contributed by atoms with Gasteiger partial charge in [0.25, 0.3) is 0 Å². The second-order valence-corrected chi connectivity index (χ2v) is 4.00. The molecule has 0 aromatic heterocycles. The lowest BCUT2D eigenvalue weighted by Crippen LogP contribution is -2.34. The SMILES string of the molecule is N#Cc1ccc([C@@H]2CCN2)cc1Br. The monoisotopic (exact) mass is 236 g/mol. The quantitative estimate of drug-likeness (QED) is 0.813. The summed E-state index contributed by atoms with van der Waals surface area (Å²) in [5.74, 6) is 0. The Labute approximate surface area is 85.7 Å². The minimum atomic E-state index is 0.490. The van der Waals surface area contributed by atoms with Gasteiger partial charge in [0.1, 0.15) is 6.07 Å². The lowest BCUT2D eigenvalue weighted by Gasteiger charge is -2.28. The molecule has 3 heteroatoms. The van der Waals surface area contributed by atoms with E-state index in [9.17, 15) is 0 Å². The van der Waals surface area contributed by atoms with Crippen LogP contribution in [-0.4, -0.2) is 6.54 Å². The molecule has 1 aliphatic rings. The van der Waals surface area contributed by atoms with Crippen LogP contribution < -0.4 is 5.32 Å². The Morgan fingerprint density at radius 2 is 2.31 bits per heavy atom. The molecule has 1 heterocycles. The Bertz CT molecular complexity index is 364. The lowest BCUT2D eigenvalue weighted by atomic mass is 9.97. The molecule has 1 fully saturated rings. The summed E-state index contributed by atoms with van der Waals surface area (Å²) in [7, 11) is 0. The Morgan fingerprint density at radius 1 is 1.54 bits per heavy atom. The molecule has 2 rings (SSSR count). The summed E-state index contributed by atoms with van der Waals surface area (Å²) >= 11 is 3.38. The molecular formula is C10H9BrN2. The molecule has 1 N–H and O–H groups in total. The number of nitriles is 1. The molecule has 66 valence electrons. The van der Waals surface area contributed by atoms with Crippen molar-refractivity contribution in [1.82, 2.24) is 5.32 Å². The fourth-order valence-electron chi connectivity index (χ4n) is 1.41. The Hall–Kier alpha value is -0.850. The van der Waals surface area contributed by atoms with Crippen LogP contribution in [0.3, 0.4) is 0 Å². The second-order valence-electron chi connectivity index (χ2n) is 3.15. The lowest BCUT2D eigenvalue weighted by molar-refractivity contribution is 0.383. The number of hydrogen-bond donors (Lipinski definition) is 1. The molecule has 0 unspecified atom stereocenters. The maximum absolute atomic E-state index is 8.72. The van der Waals surface area contributed by atoms with Crippen LogP contribution in [0.25, 0.3) is 0 Å². The molecule has 13 heavy (non-hydrogen) atoms. The van der Waals surface area contributed by atoms with E-state index >= 15 is 0 Å². The van der Waals surface area contributed by atoms with Gasteiger partial charge in [-0.3, -0.25) is 0 Å². The Kier molecular flexibility index (Phi) is 2.34. The number of rotatable bonds is 1. The average molecular weight is 237 g/mol. The van der Waals surface area contributed by atoms with Crippen molar-refractivity contribution in [2.75, 3.05) is 6.54 Å². The van der Waals surface area contributed by atoms with E-state index < -0.39 is 0 Å². The first-order valence-corrected chi connectivity index (χ1v) is 5.03. The largest absolute Gasteiger partial charge is 0.310 e. The maximum Gasteiger partial charge on any atom is 0.100 e. The summed E-state index contributed by atoms with van der Waals surface area (Å²) < 4.78 is 0.890. The molecule has 0 radical (unpaired) electrons. The summed E-state index contributed by atoms with van der Waals surface area (Å²) in [4.78, 5) is 0. The number of nitrogens with one attached hydrogen (secondary N) is 1. The predicted octanol–water partition coefficient (Wildman–Crippen LogP) is 2.36. The highest BCUT2D eigenvalue weighted by Crippen LogP contribution is 2.26. The first kappa shape index (κ1) is 8.74. The average Bonchev–Trinajstić information content (AvgIpc) is 2.01. The third kappa shape index (κ3) is 1.60. The fraction of sp³-hybridized carbons (Fsp3) is 0.300. The van der Waals surface area contributed by atoms with E-state index in [1.807, 2.05) is 18.2 Å². The zero-order chi connectivity index (χ0) is 9.26. The van der Waals surface area contributed by atoms with Crippen molar-refractivity contribution in [2.24, 2.45) is 0 Å². The van der Waals surface area contributed by atoms with Gasteiger partial charge in [-0.25, -0.2) is 0 Å². The molecule has 0 amide bonds. The van der Waals surface area contributed by atoms with Crippen molar-refractivity contribution in [3.8, 4) is 6.07 Å². The molecule has 0 saturated carbocycles. The van der Waals surface area contributed by atoms with Crippen molar-refractivity contribution in [3.63, 3.8) is 0 Å².